The summed E-state index contributed by atoms with van der Waals surface area (Å²) in [5.74, 6) is -0.477. The molecule has 2 aromatic rings. The highest BCUT2D eigenvalue weighted by atomic mass is 35.5. The molecule has 7 heteroatoms. The lowest BCUT2D eigenvalue weighted by atomic mass is 10.0. The van der Waals surface area contributed by atoms with Crippen LogP contribution in [0.4, 0.5) is 4.39 Å². The maximum Gasteiger partial charge on any atom is 0.241 e. The van der Waals surface area contributed by atoms with Gasteiger partial charge in [-0.25, -0.2) is 4.39 Å². The Morgan fingerprint density at radius 3 is 2.69 bits per heavy atom. The highest BCUT2D eigenvalue weighted by Crippen LogP contribution is 2.31. The summed E-state index contributed by atoms with van der Waals surface area (Å²) in [6, 6.07) is 6.38. The average molecular weight is 379 g/mol. The van der Waals surface area contributed by atoms with Gasteiger partial charge in [-0.05, 0) is 58.0 Å². The zero-order chi connectivity index (χ0) is 18.7. The number of likely N-dealkylation sites (tertiary alicyclic amines) is 1. The molecule has 1 unspecified atom stereocenters. The van der Waals surface area contributed by atoms with Crippen LogP contribution in [0.3, 0.4) is 0 Å². The molecule has 1 N–H and O–H groups in total. The van der Waals surface area contributed by atoms with Crippen LogP contribution in [0.1, 0.15) is 35.8 Å². The fourth-order valence-electron chi connectivity index (χ4n) is 3.53. The molecule has 0 aliphatic carbocycles. The molecule has 1 fully saturated rings. The third-order valence-corrected chi connectivity index (χ3v) is 5.13. The van der Waals surface area contributed by atoms with E-state index >= 15 is 0 Å². The molecule has 3 rings (SSSR count). The molecule has 0 saturated carbocycles. The normalized spacial score (nSPS) is 16.0. The molecule has 140 valence electrons. The first-order valence-corrected chi connectivity index (χ1v) is 9.29. The van der Waals surface area contributed by atoms with Crippen molar-refractivity contribution < 1.29 is 9.18 Å². The molecular formula is C19H24ClFN4O. The van der Waals surface area contributed by atoms with Gasteiger partial charge in [0, 0.05) is 22.8 Å². The van der Waals surface area contributed by atoms with Gasteiger partial charge in [-0.1, -0.05) is 17.7 Å². The number of hydrogen-bond acceptors (Lipinski definition) is 3. The van der Waals surface area contributed by atoms with Crippen molar-refractivity contribution in [2.24, 2.45) is 0 Å². The molecule has 0 bridgehead atoms. The molecule has 5 nitrogen and oxygen atoms in total. The molecule has 1 saturated heterocycles. The highest BCUT2D eigenvalue weighted by molar-refractivity contribution is 6.31. The minimum Gasteiger partial charge on any atom is -0.353 e. The van der Waals surface area contributed by atoms with Crippen molar-refractivity contribution >= 4 is 17.5 Å². The van der Waals surface area contributed by atoms with Crippen molar-refractivity contribution in [3.63, 3.8) is 0 Å². The maximum atomic E-state index is 14.4. The standard InChI is InChI=1S/C19H24ClFN4O/c1-13-10-14(2)25(23-13)12-18(26)22-11-17(24-8-3-4-9-24)19-15(20)6-5-7-16(19)21/h5-7,10,17H,3-4,8-9,11-12H2,1-2H3,(H,22,26). The van der Waals surface area contributed by atoms with E-state index in [1.807, 2.05) is 19.9 Å². The predicted octanol–water partition coefficient (Wildman–Crippen LogP) is 3.25. The second-order valence-electron chi connectivity index (χ2n) is 6.78. The van der Waals surface area contributed by atoms with E-state index in [1.165, 1.54) is 6.07 Å². The molecule has 1 atom stereocenters. The van der Waals surface area contributed by atoms with Crippen molar-refractivity contribution in [3.8, 4) is 0 Å². The maximum absolute atomic E-state index is 14.4. The SMILES string of the molecule is Cc1cc(C)n(CC(=O)NCC(c2c(F)cccc2Cl)N2CCCC2)n1. The van der Waals surface area contributed by atoms with E-state index < -0.39 is 0 Å². The van der Waals surface area contributed by atoms with E-state index in [0.717, 1.165) is 37.3 Å². The number of benzene rings is 1. The lowest BCUT2D eigenvalue weighted by Crippen LogP contribution is -2.38. The quantitative estimate of drug-likeness (QED) is 0.839. The zero-order valence-electron chi connectivity index (χ0n) is 15.1. The minimum atomic E-state index is -0.331. The van der Waals surface area contributed by atoms with Crippen LogP contribution in [0, 0.1) is 19.7 Å². The van der Waals surface area contributed by atoms with Gasteiger partial charge < -0.3 is 5.32 Å². The molecule has 1 aromatic heterocycles. The van der Waals surface area contributed by atoms with Crippen molar-refractivity contribution in [2.45, 2.75) is 39.3 Å². The summed E-state index contributed by atoms with van der Waals surface area (Å²) in [4.78, 5) is 14.6. The van der Waals surface area contributed by atoms with Crippen LogP contribution in [0.25, 0.3) is 0 Å². The van der Waals surface area contributed by atoms with Gasteiger partial charge in [-0.2, -0.15) is 5.10 Å². The van der Waals surface area contributed by atoms with Crippen molar-refractivity contribution in [1.82, 2.24) is 20.0 Å². The highest BCUT2D eigenvalue weighted by Gasteiger charge is 2.28. The number of carbonyl (C=O) groups is 1. The molecule has 2 heterocycles. The number of nitrogens with one attached hydrogen (secondary N) is 1. The number of amides is 1. The van der Waals surface area contributed by atoms with Crippen LogP contribution in [0.15, 0.2) is 24.3 Å². The summed E-state index contributed by atoms with van der Waals surface area (Å²) < 4.78 is 16.1. The van der Waals surface area contributed by atoms with Crippen molar-refractivity contribution in [2.75, 3.05) is 19.6 Å². The first-order chi connectivity index (χ1) is 12.5. The minimum absolute atomic E-state index is 0.146. The van der Waals surface area contributed by atoms with Crippen molar-refractivity contribution in [1.29, 1.82) is 0 Å². The van der Waals surface area contributed by atoms with Gasteiger partial charge in [-0.15, -0.1) is 0 Å². The summed E-state index contributed by atoms with van der Waals surface area (Å²) >= 11 is 6.28. The monoisotopic (exact) mass is 378 g/mol. The Kier molecular flexibility index (Phi) is 5.94. The van der Waals surface area contributed by atoms with Crippen molar-refractivity contribution in [3.05, 3.63) is 52.1 Å². The van der Waals surface area contributed by atoms with E-state index in [-0.39, 0.29) is 24.3 Å². The number of hydrogen-bond donors (Lipinski definition) is 1. The Hall–Kier alpha value is -1.92. The summed E-state index contributed by atoms with van der Waals surface area (Å²) in [5.41, 5.74) is 2.27. The molecule has 0 spiro atoms. The smallest absolute Gasteiger partial charge is 0.241 e. The Morgan fingerprint density at radius 2 is 2.08 bits per heavy atom. The van der Waals surface area contributed by atoms with Crippen LogP contribution < -0.4 is 5.32 Å². The number of nitrogens with zero attached hydrogens (tertiary/aromatic N) is 3. The van der Waals surface area contributed by atoms with Crippen LogP contribution in [-0.4, -0.2) is 40.2 Å². The third-order valence-electron chi connectivity index (χ3n) is 4.80. The molecule has 1 aromatic carbocycles. The fraction of sp³-hybridized carbons (Fsp3) is 0.474. The number of carbonyl (C=O) groups excluding carboxylic acids is 1. The molecule has 0 radical (unpaired) electrons. The molecular weight excluding hydrogens is 355 g/mol. The number of halogens is 2. The molecule has 1 aliphatic rings. The lowest BCUT2D eigenvalue weighted by molar-refractivity contribution is -0.122. The van der Waals surface area contributed by atoms with E-state index in [2.05, 4.69) is 15.3 Å². The molecule has 1 amide bonds. The van der Waals surface area contributed by atoms with Gasteiger partial charge in [-0.3, -0.25) is 14.4 Å². The van der Waals surface area contributed by atoms with E-state index in [0.29, 0.717) is 17.1 Å². The average Bonchev–Trinajstić information content (AvgIpc) is 3.20. The van der Waals surface area contributed by atoms with Gasteiger partial charge >= 0.3 is 0 Å². The number of aromatic nitrogens is 2. The topological polar surface area (TPSA) is 50.2 Å². The first-order valence-electron chi connectivity index (χ1n) is 8.91. The second kappa shape index (κ2) is 8.18. The summed E-state index contributed by atoms with van der Waals surface area (Å²) in [7, 11) is 0. The second-order valence-corrected chi connectivity index (χ2v) is 7.19. The Balaban J connectivity index is 1.72. The van der Waals surface area contributed by atoms with Gasteiger partial charge in [0.1, 0.15) is 12.4 Å². The number of rotatable bonds is 6. The molecule has 1 aliphatic heterocycles. The Morgan fingerprint density at radius 1 is 1.35 bits per heavy atom. The largest absolute Gasteiger partial charge is 0.353 e. The lowest BCUT2D eigenvalue weighted by Gasteiger charge is -2.29. The number of aryl methyl sites for hydroxylation is 2. The van der Waals surface area contributed by atoms with Gasteiger partial charge in [0.05, 0.1) is 11.7 Å². The zero-order valence-corrected chi connectivity index (χ0v) is 15.9. The van der Waals surface area contributed by atoms with Gasteiger partial charge in [0.2, 0.25) is 5.91 Å². The van der Waals surface area contributed by atoms with E-state index in [4.69, 9.17) is 11.6 Å². The summed E-state index contributed by atoms with van der Waals surface area (Å²) in [6.07, 6.45) is 2.14. The van der Waals surface area contributed by atoms with E-state index in [1.54, 1.807) is 16.8 Å². The fourth-order valence-corrected chi connectivity index (χ4v) is 3.82. The van der Waals surface area contributed by atoms with Gasteiger partial charge in [0.25, 0.3) is 0 Å². The van der Waals surface area contributed by atoms with E-state index in [9.17, 15) is 9.18 Å². The predicted molar refractivity (Wildman–Crippen MR) is 99.7 cm³/mol. The van der Waals surface area contributed by atoms with Crippen LogP contribution in [0.2, 0.25) is 5.02 Å². The Labute approximate surface area is 158 Å². The molecule has 26 heavy (non-hydrogen) atoms. The van der Waals surface area contributed by atoms with Gasteiger partial charge in [0.15, 0.2) is 0 Å². The third kappa shape index (κ3) is 4.24. The summed E-state index contributed by atoms with van der Waals surface area (Å²) in [5, 5.41) is 7.63. The summed E-state index contributed by atoms with van der Waals surface area (Å²) in [6.45, 7) is 6.03. The Bertz CT molecular complexity index is 766. The van der Waals surface area contributed by atoms with Crippen LogP contribution >= 0.6 is 11.6 Å². The van der Waals surface area contributed by atoms with Crippen LogP contribution in [-0.2, 0) is 11.3 Å². The first kappa shape index (κ1) is 18.9. The van der Waals surface area contributed by atoms with Crippen LogP contribution in [0.5, 0.6) is 0 Å².